The third-order valence-electron chi connectivity index (χ3n) is 4.00. The van der Waals surface area contributed by atoms with Gasteiger partial charge in [0, 0.05) is 16.9 Å². The second kappa shape index (κ2) is 5.89. The molecule has 0 aliphatic carbocycles. The van der Waals surface area contributed by atoms with Gasteiger partial charge in [0.05, 0.1) is 28.6 Å². The fraction of sp³-hybridized carbons (Fsp3) is 0.0556. The van der Waals surface area contributed by atoms with Gasteiger partial charge in [-0.25, -0.2) is 4.79 Å². The van der Waals surface area contributed by atoms with Crippen LogP contribution in [0.5, 0.6) is 0 Å². The van der Waals surface area contributed by atoms with Crippen LogP contribution in [0, 0.1) is 0 Å². The summed E-state index contributed by atoms with van der Waals surface area (Å²) < 4.78 is 2.09. The highest BCUT2D eigenvalue weighted by Crippen LogP contribution is 2.33. The molecule has 2 amide bonds. The molecule has 1 aliphatic heterocycles. The van der Waals surface area contributed by atoms with Crippen molar-refractivity contribution >= 4 is 40.6 Å². The number of para-hydroxylation sites is 2. The van der Waals surface area contributed by atoms with Crippen molar-refractivity contribution < 1.29 is 4.79 Å². The highest BCUT2D eigenvalue weighted by molar-refractivity contribution is 6.35. The van der Waals surface area contributed by atoms with Crippen molar-refractivity contribution in [3.8, 4) is 5.69 Å². The monoisotopic (exact) mass is 357 g/mol. The molecule has 4 nitrogen and oxygen atoms in total. The number of hydrogen-bond acceptors (Lipinski definition) is 1. The number of amides is 2. The molecule has 6 heteroatoms. The van der Waals surface area contributed by atoms with E-state index in [1.165, 1.54) is 0 Å². The normalized spacial score (nSPS) is 12.5. The fourth-order valence-corrected chi connectivity index (χ4v) is 3.22. The summed E-state index contributed by atoms with van der Waals surface area (Å²) in [4.78, 5) is 14.5. The van der Waals surface area contributed by atoms with Gasteiger partial charge in [0.25, 0.3) is 0 Å². The predicted molar refractivity (Wildman–Crippen MR) is 97.4 cm³/mol. The molecule has 1 N–H and O–H groups in total. The van der Waals surface area contributed by atoms with Crippen LogP contribution >= 0.6 is 23.2 Å². The van der Waals surface area contributed by atoms with E-state index < -0.39 is 0 Å². The van der Waals surface area contributed by atoms with E-state index in [0.29, 0.717) is 22.3 Å². The SMILES string of the molecule is O=C(Nc1cc(Cl)ccc1Cl)N1Cc2cccn2-c2ccccc21. The lowest BCUT2D eigenvalue weighted by atomic mass is 10.2. The number of carbonyl (C=O) groups excluding carboxylic acids is 1. The first-order valence-electron chi connectivity index (χ1n) is 7.43. The topological polar surface area (TPSA) is 37.3 Å². The summed E-state index contributed by atoms with van der Waals surface area (Å²) in [5.41, 5.74) is 3.35. The van der Waals surface area contributed by atoms with Crippen molar-refractivity contribution in [1.29, 1.82) is 0 Å². The molecule has 2 heterocycles. The van der Waals surface area contributed by atoms with Crippen molar-refractivity contribution in [3.05, 3.63) is 76.5 Å². The molecule has 4 rings (SSSR count). The number of urea groups is 1. The quantitative estimate of drug-likeness (QED) is 0.627. The number of nitrogens with zero attached hydrogens (tertiary/aromatic N) is 2. The average molecular weight is 358 g/mol. The van der Waals surface area contributed by atoms with Crippen LogP contribution in [-0.4, -0.2) is 10.6 Å². The molecule has 24 heavy (non-hydrogen) atoms. The highest BCUT2D eigenvalue weighted by atomic mass is 35.5. The van der Waals surface area contributed by atoms with E-state index in [0.717, 1.165) is 17.1 Å². The van der Waals surface area contributed by atoms with E-state index >= 15 is 0 Å². The number of rotatable bonds is 1. The van der Waals surface area contributed by atoms with Gasteiger partial charge in [-0.15, -0.1) is 0 Å². The van der Waals surface area contributed by atoms with Crippen LogP contribution in [0.15, 0.2) is 60.8 Å². The van der Waals surface area contributed by atoms with Crippen LogP contribution in [0.4, 0.5) is 16.2 Å². The van der Waals surface area contributed by atoms with Crippen molar-refractivity contribution in [2.75, 3.05) is 10.2 Å². The van der Waals surface area contributed by atoms with Crippen molar-refractivity contribution in [2.45, 2.75) is 6.54 Å². The zero-order chi connectivity index (χ0) is 16.7. The maximum Gasteiger partial charge on any atom is 0.326 e. The second-order valence-corrected chi connectivity index (χ2v) is 6.34. The summed E-state index contributed by atoms with van der Waals surface area (Å²) in [5.74, 6) is 0. The molecule has 0 saturated carbocycles. The molecular formula is C18H13Cl2N3O. The molecule has 1 aromatic heterocycles. The van der Waals surface area contributed by atoms with Crippen LogP contribution in [0.2, 0.25) is 10.0 Å². The number of fused-ring (bicyclic) bond motifs is 3. The largest absolute Gasteiger partial charge is 0.326 e. The summed E-state index contributed by atoms with van der Waals surface area (Å²) in [6.07, 6.45) is 2.00. The third-order valence-corrected chi connectivity index (χ3v) is 4.57. The standard InChI is InChI=1S/C18H13Cl2N3O/c19-12-7-8-14(20)15(10-12)21-18(24)23-11-13-4-3-9-22(13)16-5-1-2-6-17(16)23/h1-10H,11H2,(H,21,24). The molecule has 0 unspecified atom stereocenters. The lowest BCUT2D eigenvalue weighted by molar-refractivity contribution is 0.256. The highest BCUT2D eigenvalue weighted by Gasteiger charge is 2.26. The first-order valence-corrected chi connectivity index (χ1v) is 8.18. The smallest absolute Gasteiger partial charge is 0.317 e. The lowest BCUT2D eigenvalue weighted by Gasteiger charge is -2.31. The Balaban J connectivity index is 1.70. The summed E-state index contributed by atoms with van der Waals surface area (Å²) in [7, 11) is 0. The Bertz CT molecular complexity index is 936. The van der Waals surface area contributed by atoms with E-state index in [9.17, 15) is 4.79 Å². The summed E-state index contributed by atoms with van der Waals surface area (Å²) >= 11 is 12.1. The van der Waals surface area contributed by atoms with Crippen LogP contribution < -0.4 is 10.2 Å². The van der Waals surface area contributed by atoms with Crippen molar-refractivity contribution in [3.63, 3.8) is 0 Å². The molecule has 0 fully saturated rings. The van der Waals surface area contributed by atoms with Crippen molar-refractivity contribution in [1.82, 2.24) is 4.57 Å². The molecule has 120 valence electrons. The molecule has 0 spiro atoms. The number of anilines is 2. The Hall–Kier alpha value is -2.43. The summed E-state index contributed by atoms with van der Waals surface area (Å²) in [5, 5.41) is 3.81. The van der Waals surface area contributed by atoms with Crippen LogP contribution in [0.1, 0.15) is 5.69 Å². The number of halogens is 2. The molecule has 0 radical (unpaired) electrons. The third kappa shape index (κ3) is 2.54. The van der Waals surface area contributed by atoms with E-state index in [4.69, 9.17) is 23.2 Å². The number of aromatic nitrogens is 1. The zero-order valence-electron chi connectivity index (χ0n) is 12.5. The maximum absolute atomic E-state index is 12.8. The minimum atomic E-state index is -0.251. The average Bonchev–Trinajstić information content (AvgIpc) is 3.06. The van der Waals surface area contributed by atoms with Crippen molar-refractivity contribution in [2.24, 2.45) is 0 Å². The van der Waals surface area contributed by atoms with Crippen LogP contribution in [-0.2, 0) is 6.54 Å². The van der Waals surface area contributed by atoms with Gasteiger partial charge in [0.2, 0.25) is 0 Å². The molecular weight excluding hydrogens is 345 g/mol. The Kier molecular flexibility index (Phi) is 3.71. The predicted octanol–water partition coefficient (Wildman–Crippen LogP) is 5.34. The van der Waals surface area contributed by atoms with E-state index in [-0.39, 0.29) is 6.03 Å². The Labute approximate surface area is 149 Å². The van der Waals surface area contributed by atoms with Crippen LogP contribution in [0.3, 0.4) is 0 Å². The van der Waals surface area contributed by atoms with E-state index in [2.05, 4.69) is 9.88 Å². The molecule has 2 aromatic carbocycles. The van der Waals surface area contributed by atoms with Gasteiger partial charge < -0.3 is 9.88 Å². The fourth-order valence-electron chi connectivity index (χ4n) is 2.88. The van der Waals surface area contributed by atoms with Gasteiger partial charge >= 0.3 is 6.03 Å². The Morgan fingerprint density at radius 1 is 1.00 bits per heavy atom. The molecule has 1 aliphatic rings. The molecule has 0 saturated heterocycles. The van der Waals surface area contributed by atoms with Gasteiger partial charge in [-0.1, -0.05) is 35.3 Å². The minimum Gasteiger partial charge on any atom is -0.317 e. The van der Waals surface area contributed by atoms with Gasteiger partial charge in [-0.2, -0.15) is 0 Å². The Morgan fingerprint density at radius 2 is 1.79 bits per heavy atom. The second-order valence-electron chi connectivity index (χ2n) is 5.50. The zero-order valence-corrected chi connectivity index (χ0v) is 14.1. The van der Waals surface area contributed by atoms with Gasteiger partial charge in [0.1, 0.15) is 0 Å². The van der Waals surface area contributed by atoms with Gasteiger partial charge in [0.15, 0.2) is 0 Å². The summed E-state index contributed by atoms with van der Waals surface area (Å²) in [6.45, 7) is 0.480. The first-order chi connectivity index (χ1) is 11.6. The van der Waals surface area contributed by atoms with Gasteiger partial charge in [-0.3, -0.25) is 4.90 Å². The minimum absolute atomic E-state index is 0.251. The number of carbonyl (C=O) groups is 1. The van der Waals surface area contributed by atoms with Gasteiger partial charge in [-0.05, 0) is 42.5 Å². The first kappa shape index (κ1) is 15.1. The Morgan fingerprint density at radius 3 is 2.62 bits per heavy atom. The lowest BCUT2D eigenvalue weighted by Crippen LogP contribution is -2.38. The summed E-state index contributed by atoms with van der Waals surface area (Å²) in [6, 6.07) is 16.5. The van der Waals surface area contributed by atoms with E-state index in [1.807, 2.05) is 42.6 Å². The number of nitrogens with one attached hydrogen (secondary N) is 1. The number of benzene rings is 2. The molecule has 0 atom stereocenters. The maximum atomic E-state index is 12.8. The molecule has 0 bridgehead atoms. The van der Waals surface area contributed by atoms with E-state index in [1.54, 1.807) is 23.1 Å². The van der Waals surface area contributed by atoms with Crippen LogP contribution in [0.25, 0.3) is 5.69 Å². The number of hydrogen-bond donors (Lipinski definition) is 1. The molecule has 3 aromatic rings.